The molecule has 0 radical (unpaired) electrons. The minimum atomic E-state index is -0.967. The summed E-state index contributed by atoms with van der Waals surface area (Å²) in [5.74, 6) is -0.868. The molecule has 4 rings (SSSR count). The summed E-state index contributed by atoms with van der Waals surface area (Å²) in [6.07, 6.45) is 2.82. The van der Waals surface area contributed by atoms with Crippen molar-refractivity contribution in [3.8, 4) is 17.0 Å². The number of hydrogen-bond donors (Lipinski definition) is 1. The van der Waals surface area contributed by atoms with Crippen LogP contribution in [0, 0.1) is 5.82 Å². The van der Waals surface area contributed by atoms with Gasteiger partial charge in [0.05, 0.1) is 16.9 Å². The molecule has 1 aromatic carbocycles. The van der Waals surface area contributed by atoms with Gasteiger partial charge in [-0.3, -0.25) is 14.5 Å². The third kappa shape index (κ3) is 3.79. The van der Waals surface area contributed by atoms with Crippen molar-refractivity contribution in [3.63, 3.8) is 0 Å². The first-order valence-electron chi connectivity index (χ1n) is 8.89. The van der Waals surface area contributed by atoms with E-state index in [1.165, 1.54) is 35.4 Å². The van der Waals surface area contributed by atoms with Crippen molar-refractivity contribution in [2.45, 2.75) is 6.04 Å². The second-order valence-electron chi connectivity index (χ2n) is 6.46. The van der Waals surface area contributed by atoms with E-state index < -0.39 is 23.7 Å². The van der Waals surface area contributed by atoms with E-state index in [1.807, 2.05) is 0 Å². The second-order valence-corrected chi connectivity index (χ2v) is 6.86. The quantitative estimate of drug-likeness (QED) is 0.689. The third-order valence-electron chi connectivity index (χ3n) is 4.47. The molecular formula is C20H15ClFN5O3. The van der Waals surface area contributed by atoms with Gasteiger partial charge in [-0.25, -0.2) is 19.3 Å². The number of benzene rings is 1. The molecule has 1 aliphatic rings. The summed E-state index contributed by atoms with van der Waals surface area (Å²) in [4.78, 5) is 39.1. The number of carbonyl (C=O) groups is 2. The lowest BCUT2D eigenvalue weighted by atomic mass is 10.1. The van der Waals surface area contributed by atoms with E-state index >= 15 is 0 Å². The number of pyridine rings is 1. The first-order valence-corrected chi connectivity index (χ1v) is 9.26. The lowest BCUT2D eigenvalue weighted by Crippen LogP contribution is -2.49. The maximum atomic E-state index is 13.2. The third-order valence-corrected chi connectivity index (χ3v) is 4.75. The fraction of sp³-hybridized carbons (Fsp3) is 0.150. The average Bonchev–Trinajstić information content (AvgIpc) is 2.87. The Labute approximate surface area is 175 Å². The van der Waals surface area contributed by atoms with Gasteiger partial charge in [0.1, 0.15) is 18.5 Å². The summed E-state index contributed by atoms with van der Waals surface area (Å²) in [7, 11) is 1.55. The number of nitrogens with zero attached hydrogens (tertiary/aromatic N) is 4. The van der Waals surface area contributed by atoms with Crippen LogP contribution in [0.15, 0.2) is 48.8 Å². The van der Waals surface area contributed by atoms with Gasteiger partial charge in [-0.05, 0) is 36.4 Å². The van der Waals surface area contributed by atoms with Crippen LogP contribution in [0.2, 0.25) is 5.02 Å². The number of ether oxygens (including phenoxy) is 1. The zero-order chi connectivity index (χ0) is 21.3. The summed E-state index contributed by atoms with van der Waals surface area (Å²) in [5, 5.41) is 2.79. The van der Waals surface area contributed by atoms with Gasteiger partial charge in [-0.15, -0.1) is 0 Å². The number of rotatable bonds is 3. The minimum Gasteiger partial charge on any atom is -0.487 e. The van der Waals surface area contributed by atoms with Crippen LogP contribution in [0.1, 0.15) is 10.6 Å². The first kappa shape index (κ1) is 19.7. The highest BCUT2D eigenvalue weighted by atomic mass is 35.5. The van der Waals surface area contributed by atoms with Crippen LogP contribution >= 0.6 is 11.6 Å². The fourth-order valence-corrected chi connectivity index (χ4v) is 3.14. The summed E-state index contributed by atoms with van der Waals surface area (Å²) < 4.78 is 18.8. The molecule has 0 saturated heterocycles. The normalized spacial score (nSPS) is 15.8. The van der Waals surface area contributed by atoms with Crippen LogP contribution in [0.25, 0.3) is 11.3 Å². The monoisotopic (exact) mass is 427 g/mol. The van der Waals surface area contributed by atoms with Crippen molar-refractivity contribution < 1.29 is 18.7 Å². The Balaban J connectivity index is 1.56. The average molecular weight is 428 g/mol. The molecule has 2 aromatic heterocycles. The van der Waals surface area contributed by atoms with Crippen molar-refractivity contribution in [2.75, 3.05) is 18.6 Å². The van der Waals surface area contributed by atoms with Crippen LogP contribution in [-0.4, -0.2) is 46.5 Å². The molecule has 3 heterocycles. The smallest absolute Gasteiger partial charge is 0.289 e. The van der Waals surface area contributed by atoms with E-state index in [0.29, 0.717) is 17.1 Å². The minimum absolute atomic E-state index is 0.0774. The molecule has 30 heavy (non-hydrogen) atoms. The Hall–Kier alpha value is -3.59. The highest BCUT2D eigenvalue weighted by Gasteiger charge is 2.32. The van der Waals surface area contributed by atoms with Gasteiger partial charge in [-0.2, -0.15) is 0 Å². The number of aromatic nitrogens is 3. The molecule has 3 aromatic rings. The number of carbonyl (C=O) groups excluding carboxylic acids is 2. The molecule has 1 atom stereocenters. The van der Waals surface area contributed by atoms with Crippen molar-refractivity contribution in [1.29, 1.82) is 0 Å². The van der Waals surface area contributed by atoms with E-state index in [-0.39, 0.29) is 23.1 Å². The van der Waals surface area contributed by atoms with Crippen LogP contribution < -0.4 is 15.0 Å². The summed E-state index contributed by atoms with van der Waals surface area (Å²) in [6.45, 7) is -0.0774. The SMILES string of the molecule is CN1C(=O)[C@@H](NC(=O)c2ncc(Cl)c(-c3ccc(F)cc3)n2)COc2cccnc21. The Kier molecular flexibility index (Phi) is 5.28. The lowest BCUT2D eigenvalue weighted by molar-refractivity contribution is -0.120. The largest absolute Gasteiger partial charge is 0.487 e. The second kappa shape index (κ2) is 8.03. The zero-order valence-electron chi connectivity index (χ0n) is 15.7. The standard InChI is InChI=1S/C20H15ClFN5O3/c1-27-18-15(3-2-8-23-18)30-10-14(20(27)29)25-19(28)17-24-9-13(21)16(26-17)11-4-6-12(22)7-5-11/h2-9,14H,10H2,1H3,(H,25,28)/t14-/m0/s1. The summed E-state index contributed by atoms with van der Waals surface area (Å²) in [6, 6.07) is 7.92. The molecule has 0 fully saturated rings. The number of halogens is 2. The molecular weight excluding hydrogens is 413 g/mol. The van der Waals surface area contributed by atoms with Gasteiger partial charge in [0.15, 0.2) is 11.6 Å². The van der Waals surface area contributed by atoms with E-state index in [2.05, 4.69) is 20.3 Å². The van der Waals surface area contributed by atoms with Crippen molar-refractivity contribution in [3.05, 3.63) is 65.5 Å². The first-order chi connectivity index (χ1) is 14.4. The number of nitrogens with one attached hydrogen (secondary N) is 1. The van der Waals surface area contributed by atoms with Gasteiger partial charge in [0.2, 0.25) is 5.82 Å². The fourth-order valence-electron chi connectivity index (χ4n) is 2.94. The molecule has 152 valence electrons. The Bertz CT molecular complexity index is 1130. The molecule has 2 amide bonds. The van der Waals surface area contributed by atoms with Gasteiger partial charge in [-0.1, -0.05) is 11.6 Å². The number of amides is 2. The maximum absolute atomic E-state index is 13.2. The van der Waals surface area contributed by atoms with E-state index in [9.17, 15) is 14.0 Å². The molecule has 0 saturated carbocycles. The number of anilines is 1. The molecule has 0 spiro atoms. The highest BCUT2D eigenvalue weighted by Crippen LogP contribution is 2.28. The molecule has 10 heteroatoms. The Morgan fingerprint density at radius 1 is 1.27 bits per heavy atom. The molecule has 0 bridgehead atoms. The van der Waals surface area contributed by atoms with Gasteiger partial charge in [0.25, 0.3) is 11.8 Å². The van der Waals surface area contributed by atoms with Gasteiger partial charge >= 0.3 is 0 Å². The molecule has 8 nitrogen and oxygen atoms in total. The predicted octanol–water partition coefficient (Wildman–Crippen LogP) is 2.48. The highest BCUT2D eigenvalue weighted by molar-refractivity contribution is 6.32. The number of fused-ring (bicyclic) bond motifs is 1. The Morgan fingerprint density at radius 3 is 2.80 bits per heavy atom. The maximum Gasteiger partial charge on any atom is 0.289 e. The molecule has 0 unspecified atom stereocenters. The summed E-state index contributed by atoms with van der Waals surface area (Å²) in [5.41, 5.74) is 0.793. The summed E-state index contributed by atoms with van der Waals surface area (Å²) >= 11 is 6.14. The molecule has 1 aliphatic heterocycles. The van der Waals surface area contributed by atoms with E-state index in [1.54, 1.807) is 25.4 Å². The molecule has 0 aliphatic carbocycles. The van der Waals surface area contributed by atoms with Crippen molar-refractivity contribution >= 4 is 29.2 Å². The van der Waals surface area contributed by atoms with Crippen LogP contribution in [0.4, 0.5) is 10.2 Å². The van der Waals surface area contributed by atoms with Gasteiger partial charge in [0, 0.05) is 18.8 Å². The van der Waals surface area contributed by atoms with E-state index in [0.717, 1.165) is 0 Å². The van der Waals surface area contributed by atoms with Gasteiger partial charge < -0.3 is 10.1 Å². The topological polar surface area (TPSA) is 97.3 Å². The predicted molar refractivity (Wildman–Crippen MR) is 107 cm³/mol. The zero-order valence-corrected chi connectivity index (χ0v) is 16.4. The van der Waals surface area contributed by atoms with Crippen molar-refractivity contribution in [2.24, 2.45) is 0 Å². The lowest BCUT2D eigenvalue weighted by Gasteiger charge is -2.19. The molecule has 1 N–H and O–H groups in total. The Morgan fingerprint density at radius 2 is 2.03 bits per heavy atom. The van der Waals surface area contributed by atoms with Crippen LogP contribution in [0.3, 0.4) is 0 Å². The van der Waals surface area contributed by atoms with Crippen molar-refractivity contribution in [1.82, 2.24) is 20.3 Å². The van der Waals surface area contributed by atoms with Crippen LogP contribution in [0.5, 0.6) is 5.75 Å². The van der Waals surface area contributed by atoms with Crippen LogP contribution in [-0.2, 0) is 4.79 Å². The number of hydrogen-bond acceptors (Lipinski definition) is 6. The van der Waals surface area contributed by atoms with E-state index in [4.69, 9.17) is 16.3 Å². The number of likely N-dealkylation sites (N-methyl/N-ethyl adjacent to an activating group) is 1.